The average molecular weight is 369 g/mol. The Morgan fingerprint density at radius 1 is 1.29 bits per heavy atom. The van der Waals surface area contributed by atoms with Gasteiger partial charge in [-0.05, 0) is 31.1 Å². The van der Waals surface area contributed by atoms with Crippen molar-refractivity contribution in [2.45, 2.75) is 32.2 Å². The first-order chi connectivity index (χ1) is 11.4. The Morgan fingerprint density at radius 3 is 2.50 bits per heavy atom. The van der Waals surface area contributed by atoms with E-state index in [0.717, 1.165) is 5.56 Å². The van der Waals surface area contributed by atoms with Gasteiger partial charge in [0.2, 0.25) is 12.3 Å². The molecule has 6 heteroatoms. The van der Waals surface area contributed by atoms with Crippen molar-refractivity contribution in [3.05, 3.63) is 58.8 Å². The molecular weight excluding hydrogens is 347 g/mol. The summed E-state index contributed by atoms with van der Waals surface area (Å²) in [7, 11) is 0. The molecule has 0 bridgehead atoms. The fraction of sp³-hybridized carbons (Fsp3) is 0.333. The first kappa shape index (κ1) is 20.3. The smallest absolute Gasteiger partial charge is 0.250 e. The number of alkyl halides is 1. The molecule has 0 saturated heterocycles. The fourth-order valence-corrected chi connectivity index (χ4v) is 2.38. The highest BCUT2D eigenvalue weighted by molar-refractivity contribution is 6.29. The van der Waals surface area contributed by atoms with Crippen LogP contribution < -0.4 is 10.6 Å². The highest BCUT2D eigenvalue weighted by Gasteiger charge is 2.33. The second-order valence-electron chi connectivity index (χ2n) is 5.47. The Kier molecular flexibility index (Phi) is 8.58. The predicted molar refractivity (Wildman–Crippen MR) is 98.9 cm³/mol. The van der Waals surface area contributed by atoms with Crippen LogP contribution in [0.1, 0.15) is 25.8 Å². The van der Waals surface area contributed by atoms with E-state index in [1.807, 2.05) is 37.3 Å². The topological polar surface area (TPSA) is 58.2 Å². The van der Waals surface area contributed by atoms with E-state index in [1.54, 1.807) is 19.1 Å². The molecule has 24 heavy (non-hydrogen) atoms. The lowest BCUT2D eigenvalue weighted by Gasteiger charge is -2.28. The summed E-state index contributed by atoms with van der Waals surface area (Å²) in [4.78, 5) is 23.7. The van der Waals surface area contributed by atoms with Gasteiger partial charge >= 0.3 is 0 Å². The van der Waals surface area contributed by atoms with Gasteiger partial charge in [0.1, 0.15) is 5.54 Å². The molecule has 2 amide bonds. The van der Waals surface area contributed by atoms with Crippen LogP contribution in [0.2, 0.25) is 0 Å². The third-order valence-electron chi connectivity index (χ3n) is 3.48. The molecule has 0 aromatic heterocycles. The van der Waals surface area contributed by atoms with Gasteiger partial charge in [-0.15, -0.1) is 11.6 Å². The lowest BCUT2D eigenvalue weighted by molar-refractivity contribution is -0.128. The van der Waals surface area contributed by atoms with Gasteiger partial charge in [-0.3, -0.25) is 9.59 Å². The second-order valence-corrected chi connectivity index (χ2v) is 6.26. The van der Waals surface area contributed by atoms with Crippen LogP contribution in [0, 0.1) is 0 Å². The van der Waals surface area contributed by atoms with Crippen LogP contribution in [-0.4, -0.2) is 23.7 Å². The van der Waals surface area contributed by atoms with Crippen molar-refractivity contribution in [3.63, 3.8) is 0 Å². The second kappa shape index (κ2) is 10.2. The number of hydrogen-bond donors (Lipinski definition) is 2. The zero-order valence-corrected chi connectivity index (χ0v) is 15.3. The minimum absolute atomic E-state index is 0.233. The molecule has 0 radical (unpaired) electrons. The molecule has 0 aliphatic heterocycles. The van der Waals surface area contributed by atoms with Crippen LogP contribution in [-0.2, 0) is 16.0 Å². The molecule has 0 unspecified atom stereocenters. The number of hydrogen-bond acceptors (Lipinski definition) is 2. The van der Waals surface area contributed by atoms with Crippen molar-refractivity contribution in [1.82, 2.24) is 10.6 Å². The molecule has 0 spiro atoms. The van der Waals surface area contributed by atoms with Crippen molar-refractivity contribution >= 4 is 35.5 Å². The monoisotopic (exact) mass is 368 g/mol. The summed E-state index contributed by atoms with van der Waals surface area (Å²) < 4.78 is 0. The van der Waals surface area contributed by atoms with Crippen LogP contribution in [0.15, 0.2) is 53.2 Å². The minimum Gasteiger partial charge on any atom is -0.344 e. The molecule has 1 aromatic carbocycles. The van der Waals surface area contributed by atoms with Crippen LogP contribution in [0.5, 0.6) is 0 Å². The first-order valence-corrected chi connectivity index (χ1v) is 8.55. The van der Waals surface area contributed by atoms with E-state index in [4.69, 9.17) is 23.2 Å². The maximum atomic E-state index is 12.7. The highest BCUT2D eigenvalue weighted by Crippen LogP contribution is 2.15. The standard InChI is InChI=1S/C18H22Cl2N2O2/c1-3-15(20)11-16(9-10-19)22-17(24)18(2,21-13-23)12-14-7-5-4-6-8-14/h4-9,11,13H,3,10,12H2,1-2H3,(H,21,23)(H,22,24)/b15-11+,16-9+/t18-/m1/s1. The average Bonchev–Trinajstić information content (AvgIpc) is 2.56. The number of amides is 2. The number of rotatable bonds is 9. The summed E-state index contributed by atoms with van der Waals surface area (Å²) in [5.41, 5.74) is 0.351. The number of halogens is 2. The van der Waals surface area contributed by atoms with Crippen LogP contribution in [0.4, 0.5) is 0 Å². The maximum Gasteiger partial charge on any atom is 0.250 e. The Hall–Kier alpha value is -1.78. The minimum atomic E-state index is -1.10. The van der Waals surface area contributed by atoms with Gasteiger partial charge in [-0.25, -0.2) is 0 Å². The summed E-state index contributed by atoms with van der Waals surface area (Å²) in [6.07, 6.45) is 4.85. The predicted octanol–water partition coefficient (Wildman–Crippen LogP) is 3.51. The molecule has 0 aliphatic carbocycles. The normalized spacial score (nSPS) is 14.7. The lowest BCUT2D eigenvalue weighted by Crippen LogP contribution is -2.55. The number of carbonyl (C=O) groups excluding carboxylic acids is 2. The molecule has 4 nitrogen and oxygen atoms in total. The summed E-state index contributed by atoms with van der Waals surface area (Å²) >= 11 is 11.8. The van der Waals surface area contributed by atoms with Crippen LogP contribution in [0.25, 0.3) is 0 Å². The zero-order valence-electron chi connectivity index (χ0n) is 13.8. The molecule has 0 saturated carbocycles. The van der Waals surface area contributed by atoms with Gasteiger partial charge in [-0.2, -0.15) is 0 Å². The van der Waals surface area contributed by atoms with Gasteiger partial charge in [0.15, 0.2) is 0 Å². The van der Waals surface area contributed by atoms with Gasteiger partial charge in [0, 0.05) is 23.0 Å². The van der Waals surface area contributed by atoms with Crippen molar-refractivity contribution in [2.75, 3.05) is 5.88 Å². The number of carbonyl (C=O) groups is 2. The molecule has 2 N–H and O–H groups in total. The van der Waals surface area contributed by atoms with Crippen molar-refractivity contribution in [3.8, 4) is 0 Å². The molecular formula is C18H22Cl2N2O2. The largest absolute Gasteiger partial charge is 0.344 e. The number of nitrogens with one attached hydrogen (secondary N) is 2. The molecule has 0 heterocycles. The van der Waals surface area contributed by atoms with E-state index in [0.29, 0.717) is 30.0 Å². The summed E-state index contributed by atoms with van der Waals surface area (Å²) in [6.45, 7) is 3.58. The SMILES string of the molecule is CC/C(Cl)=C\C(=C/CCl)NC(=O)[C@@](C)(Cc1ccccc1)NC=O. The van der Waals surface area contributed by atoms with Gasteiger partial charge < -0.3 is 10.6 Å². The lowest BCUT2D eigenvalue weighted by atomic mass is 9.91. The third kappa shape index (κ3) is 6.38. The fourth-order valence-electron chi connectivity index (χ4n) is 2.10. The quantitative estimate of drug-likeness (QED) is 0.398. The number of allylic oxidation sites excluding steroid dienone is 3. The Morgan fingerprint density at radius 2 is 1.96 bits per heavy atom. The molecule has 1 aromatic rings. The molecule has 1 rings (SSSR count). The van der Waals surface area contributed by atoms with Gasteiger partial charge in [-0.1, -0.05) is 48.9 Å². The van der Waals surface area contributed by atoms with E-state index in [2.05, 4.69) is 10.6 Å². The molecule has 1 atom stereocenters. The maximum absolute atomic E-state index is 12.7. The summed E-state index contributed by atoms with van der Waals surface area (Å²) in [5, 5.41) is 6.00. The molecule has 0 fully saturated rings. The Balaban J connectivity index is 2.99. The van der Waals surface area contributed by atoms with Gasteiger partial charge in [0.05, 0.1) is 0 Å². The van der Waals surface area contributed by atoms with Crippen LogP contribution >= 0.6 is 23.2 Å². The Bertz CT molecular complexity index is 615. The first-order valence-electron chi connectivity index (χ1n) is 7.64. The van der Waals surface area contributed by atoms with E-state index >= 15 is 0 Å². The van der Waals surface area contributed by atoms with E-state index in [9.17, 15) is 9.59 Å². The molecule has 0 aliphatic rings. The van der Waals surface area contributed by atoms with E-state index in [1.165, 1.54) is 0 Å². The van der Waals surface area contributed by atoms with Crippen molar-refractivity contribution in [1.29, 1.82) is 0 Å². The van der Waals surface area contributed by atoms with Crippen molar-refractivity contribution in [2.24, 2.45) is 0 Å². The highest BCUT2D eigenvalue weighted by atomic mass is 35.5. The van der Waals surface area contributed by atoms with Gasteiger partial charge in [0.25, 0.3) is 0 Å². The van der Waals surface area contributed by atoms with Crippen molar-refractivity contribution < 1.29 is 9.59 Å². The van der Waals surface area contributed by atoms with E-state index in [-0.39, 0.29) is 11.8 Å². The molecule has 130 valence electrons. The number of benzene rings is 1. The summed E-state index contributed by atoms with van der Waals surface area (Å²) in [5.74, 6) is -0.108. The summed E-state index contributed by atoms with van der Waals surface area (Å²) in [6, 6.07) is 9.48. The Labute approximate surface area is 152 Å². The zero-order chi connectivity index (χ0) is 18.0. The van der Waals surface area contributed by atoms with E-state index < -0.39 is 5.54 Å². The van der Waals surface area contributed by atoms with Crippen LogP contribution in [0.3, 0.4) is 0 Å². The third-order valence-corrected chi connectivity index (χ3v) is 4.01.